The fourth-order valence-electron chi connectivity index (χ4n) is 1.86. The molecular formula is C12H7F4N3O4S. The molecule has 0 atom stereocenters. The van der Waals surface area contributed by atoms with Crippen LogP contribution in [0.25, 0.3) is 11.0 Å². The molecule has 0 fully saturated rings. The van der Waals surface area contributed by atoms with Crippen molar-refractivity contribution in [1.29, 1.82) is 5.26 Å². The van der Waals surface area contributed by atoms with E-state index < -0.39 is 23.7 Å². The lowest BCUT2D eigenvalue weighted by Gasteiger charge is -2.31. The number of imidazole rings is 1. The zero-order chi connectivity index (χ0) is 17.5. The van der Waals surface area contributed by atoms with E-state index >= 15 is 0 Å². The van der Waals surface area contributed by atoms with Crippen LogP contribution in [0.15, 0.2) is 12.1 Å². The first-order valence-corrected chi connectivity index (χ1v) is 7.06. The number of nitrogens with zero attached hydrogens (tertiary/aromatic N) is 3. The Morgan fingerprint density at radius 1 is 1.25 bits per heavy atom. The molecule has 0 saturated heterocycles. The summed E-state index contributed by atoms with van der Waals surface area (Å²) in [5.41, 5.74) is 0.155. The summed E-state index contributed by atoms with van der Waals surface area (Å²) in [6.45, 7) is 1.87. The Morgan fingerprint density at radius 2 is 1.88 bits per heavy atom. The summed E-state index contributed by atoms with van der Waals surface area (Å²) in [7, 11) is 0. The molecule has 1 aromatic heterocycles. The third-order valence-electron chi connectivity index (χ3n) is 2.86. The van der Waals surface area contributed by atoms with Gasteiger partial charge in [0.25, 0.3) is 0 Å². The molecular weight excluding hydrogens is 358 g/mol. The summed E-state index contributed by atoms with van der Waals surface area (Å²) >= 11 is 0.560. The number of benzene rings is 1. The van der Waals surface area contributed by atoms with E-state index in [1.165, 1.54) is 0 Å². The second-order valence-electron chi connectivity index (χ2n) is 4.42. The number of rotatable bonds is 4. The topological polar surface area (TPSA) is 78.5 Å². The standard InChI is InChI=1S/C12H7F4N3O4S/c1-2-20-23-24-19-7-4-9-8(3-6(7)18-10(19)5-17)21-11(13,14)12(15,16)22-9/h3-4H,2H2,1H3. The summed E-state index contributed by atoms with van der Waals surface area (Å²) in [5.74, 6) is -1.42. The minimum atomic E-state index is -4.84. The Labute approximate surface area is 135 Å². The number of fused-ring (bicyclic) bond motifs is 2. The zero-order valence-electron chi connectivity index (χ0n) is 11.8. The predicted octanol–water partition coefficient (Wildman–Crippen LogP) is 3.24. The molecule has 1 aliphatic rings. The normalized spacial score (nSPS) is 17.7. The van der Waals surface area contributed by atoms with Crippen molar-refractivity contribution in [3.8, 4) is 17.6 Å². The average Bonchev–Trinajstić information content (AvgIpc) is 2.83. The van der Waals surface area contributed by atoms with Crippen molar-refractivity contribution >= 4 is 23.3 Å². The number of nitriles is 1. The average molecular weight is 365 g/mol. The highest BCUT2D eigenvalue weighted by Gasteiger charge is 2.66. The van der Waals surface area contributed by atoms with E-state index in [-0.39, 0.29) is 23.5 Å². The lowest BCUT2D eigenvalue weighted by atomic mass is 10.2. The fourth-order valence-corrected chi connectivity index (χ4v) is 2.44. The lowest BCUT2D eigenvalue weighted by molar-refractivity contribution is -0.391. The first-order chi connectivity index (χ1) is 11.3. The first-order valence-electron chi connectivity index (χ1n) is 6.36. The van der Waals surface area contributed by atoms with Gasteiger partial charge in [0, 0.05) is 12.1 Å². The SMILES string of the molecule is CCOOSn1c(C#N)nc2cc3c(cc21)OC(F)(F)C(F)(F)O3. The van der Waals surface area contributed by atoms with Gasteiger partial charge in [-0.2, -0.15) is 22.8 Å². The molecule has 2 heterocycles. The van der Waals surface area contributed by atoms with Gasteiger partial charge in [0.1, 0.15) is 6.07 Å². The van der Waals surface area contributed by atoms with Gasteiger partial charge in [-0.1, -0.05) is 0 Å². The lowest BCUT2D eigenvalue weighted by Crippen LogP contribution is -2.52. The van der Waals surface area contributed by atoms with E-state index in [4.69, 9.17) is 9.60 Å². The molecule has 1 aliphatic heterocycles. The molecule has 12 heteroatoms. The van der Waals surface area contributed by atoms with Crippen LogP contribution in [0.1, 0.15) is 12.7 Å². The molecule has 0 bridgehead atoms. The summed E-state index contributed by atoms with van der Waals surface area (Å²) < 4.78 is 66.9. The summed E-state index contributed by atoms with van der Waals surface area (Å²) in [6.07, 6.45) is -9.67. The molecule has 0 spiro atoms. The van der Waals surface area contributed by atoms with E-state index in [0.29, 0.717) is 12.2 Å². The van der Waals surface area contributed by atoms with E-state index in [1.54, 1.807) is 13.0 Å². The minimum Gasteiger partial charge on any atom is -0.421 e. The smallest absolute Gasteiger partial charge is 0.421 e. The van der Waals surface area contributed by atoms with Crippen molar-refractivity contribution in [1.82, 2.24) is 8.96 Å². The molecule has 2 aromatic rings. The second kappa shape index (κ2) is 5.69. The Hall–Kier alpha value is -2.23. The van der Waals surface area contributed by atoms with Gasteiger partial charge in [0.15, 0.2) is 23.7 Å². The Kier molecular flexibility index (Phi) is 3.94. The third kappa shape index (κ3) is 2.60. The molecule has 128 valence electrons. The highest BCUT2D eigenvalue weighted by Crippen LogP contribution is 2.48. The monoisotopic (exact) mass is 365 g/mol. The number of ether oxygens (including phenoxy) is 2. The Morgan fingerprint density at radius 3 is 2.46 bits per heavy atom. The third-order valence-corrected chi connectivity index (χ3v) is 3.54. The van der Waals surface area contributed by atoms with Gasteiger partial charge in [-0.05, 0) is 6.92 Å². The van der Waals surface area contributed by atoms with E-state index in [9.17, 15) is 17.6 Å². The number of halogens is 4. The van der Waals surface area contributed by atoms with Gasteiger partial charge >= 0.3 is 12.2 Å². The maximum absolute atomic E-state index is 13.3. The minimum absolute atomic E-state index is 0.0440. The highest BCUT2D eigenvalue weighted by atomic mass is 32.2. The van der Waals surface area contributed by atoms with Gasteiger partial charge in [-0.3, -0.25) is 0 Å². The van der Waals surface area contributed by atoms with E-state index in [1.807, 2.05) is 0 Å². The van der Waals surface area contributed by atoms with Crippen LogP contribution in [0, 0.1) is 11.3 Å². The largest absolute Gasteiger partial charge is 0.507 e. The van der Waals surface area contributed by atoms with Gasteiger partial charge < -0.3 is 9.47 Å². The molecule has 0 aliphatic carbocycles. The molecule has 3 rings (SSSR count). The van der Waals surface area contributed by atoms with Gasteiger partial charge in [0.2, 0.25) is 5.82 Å². The number of aromatic nitrogens is 2. The van der Waals surface area contributed by atoms with Gasteiger partial charge in [-0.15, -0.1) is 4.33 Å². The molecule has 0 amide bonds. The van der Waals surface area contributed by atoms with Crippen LogP contribution in [-0.2, 0) is 9.22 Å². The maximum atomic E-state index is 13.3. The van der Waals surface area contributed by atoms with Crippen LogP contribution in [0.3, 0.4) is 0 Å². The second-order valence-corrected chi connectivity index (χ2v) is 5.07. The summed E-state index contributed by atoms with van der Waals surface area (Å²) in [4.78, 5) is 8.54. The van der Waals surface area contributed by atoms with Crippen molar-refractivity contribution in [2.75, 3.05) is 6.61 Å². The molecule has 1 aromatic carbocycles. The molecule has 0 N–H and O–H groups in total. The van der Waals surface area contributed by atoms with Crippen LogP contribution in [0.4, 0.5) is 17.6 Å². The molecule has 0 saturated carbocycles. The molecule has 0 radical (unpaired) electrons. The summed E-state index contributed by atoms with van der Waals surface area (Å²) in [6, 6.07) is 3.71. The Balaban J connectivity index is 2.08. The van der Waals surface area contributed by atoms with Crippen molar-refractivity contribution in [3.05, 3.63) is 18.0 Å². The van der Waals surface area contributed by atoms with Crippen molar-refractivity contribution in [2.45, 2.75) is 19.1 Å². The van der Waals surface area contributed by atoms with Crippen molar-refractivity contribution in [2.24, 2.45) is 0 Å². The maximum Gasteiger partial charge on any atom is 0.507 e. The number of hydrogen-bond donors (Lipinski definition) is 0. The van der Waals surface area contributed by atoms with E-state index in [0.717, 1.165) is 16.1 Å². The van der Waals surface area contributed by atoms with Crippen molar-refractivity contribution in [3.63, 3.8) is 0 Å². The molecule has 7 nitrogen and oxygen atoms in total. The van der Waals surface area contributed by atoms with Gasteiger partial charge in [-0.25, -0.2) is 13.8 Å². The van der Waals surface area contributed by atoms with Crippen LogP contribution in [-0.4, -0.2) is 27.8 Å². The van der Waals surface area contributed by atoms with Crippen LogP contribution in [0.2, 0.25) is 0 Å². The van der Waals surface area contributed by atoms with Crippen LogP contribution >= 0.6 is 12.2 Å². The van der Waals surface area contributed by atoms with Crippen molar-refractivity contribution < 1.29 is 36.3 Å². The molecule has 24 heavy (non-hydrogen) atoms. The fraction of sp³-hybridized carbons (Fsp3) is 0.333. The highest BCUT2D eigenvalue weighted by molar-refractivity contribution is 7.93. The zero-order valence-corrected chi connectivity index (χ0v) is 12.6. The van der Waals surface area contributed by atoms with Crippen LogP contribution in [0.5, 0.6) is 11.5 Å². The summed E-state index contributed by atoms with van der Waals surface area (Å²) in [5, 5.41) is 9.06. The number of alkyl halides is 4. The predicted molar refractivity (Wildman–Crippen MR) is 71.3 cm³/mol. The van der Waals surface area contributed by atoms with E-state index in [2.05, 4.69) is 19.3 Å². The number of hydrogen-bond acceptors (Lipinski definition) is 7. The molecule has 0 unspecified atom stereocenters. The van der Waals surface area contributed by atoms with Crippen LogP contribution < -0.4 is 9.47 Å². The van der Waals surface area contributed by atoms with Gasteiger partial charge in [0.05, 0.1) is 17.6 Å². The Bertz CT molecular complexity index is 836. The first kappa shape index (κ1) is 16.6. The quantitative estimate of drug-likeness (QED) is 0.271.